The van der Waals surface area contributed by atoms with Crippen molar-refractivity contribution in [1.82, 2.24) is 4.90 Å². The molecule has 1 aromatic rings. The van der Waals surface area contributed by atoms with Crippen molar-refractivity contribution in [3.05, 3.63) is 18.2 Å². The molecule has 0 aromatic heterocycles. The van der Waals surface area contributed by atoms with E-state index in [1.807, 2.05) is 6.92 Å². The lowest BCUT2D eigenvalue weighted by Crippen LogP contribution is -2.59. The fraction of sp³-hybridized carbons (Fsp3) is 0.652. The number of hydrogen-bond donors (Lipinski definition) is 1. The Hall–Kier alpha value is -1.76. The van der Waals surface area contributed by atoms with Gasteiger partial charge in [-0.1, -0.05) is 15.9 Å². The van der Waals surface area contributed by atoms with E-state index in [2.05, 4.69) is 21.2 Å². The Labute approximate surface area is 185 Å². The Kier molecular flexibility index (Phi) is 4.99. The predicted octanol–water partition coefficient (Wildman–Crippen LogP) is 3.98. The van der Waals surface area contributed by atoms with Crippen LogP contribution in [-0.2, 0) is 9.59 Å². The molecule has 1 heterocycles. The van der Waals surface area contributed by atoms with Crippen LogP contribution in [0, 0.1) is 17.3 Å². The van der Waals surface area contributed by atoms with Crippen LogP contribution in [0.2, 0.25) is 0 Å². The number of carbonyl (C=O) groups excluding carboxylic acids is 2. The van der Waals surface area contributed by atoms with E-state index in [0.29, 0.717) is 48.8 Å². The number of ether oxygens (including phenoxy) is 2. The van der Waals surface area contributed by atoms with Crippen LogP contribution in [0.25, 0.3) is 0 Å². The Morgan fingerprint density at radius 2 is 1.83 bits per heavy atom. The van der Waals surface area contributed by atoms with E-state index in [-0.39, 0.29) is 28.1 Å². The van der Waals surface area contributed by atoms with Crippen LogP contribution < -0.4 is 14.8 Å². The molecule has 4 saturated carbocycles. The molecule has 0 saturated heterocycles. The maximum Gasteiger partial charge on any atom is 0.243 e. The number of hydrogen-bond acceptors (Lipinski definition) is 4. The highest BCUT2D eigenvalue weighted by Crippen LogP contribution is 2.64. The lowest BCUT2D eigenvalue weighted by Gasteiger charge is -2.60. The van der Waals surface area contributed by atoms with Gasteiger partial charge in [-0.3, -0.25) is 9.59 Å². The number of benzene rings is 1. The van der Waals surface area contributed by atoms with Crippen molar-refractivity contribution >= 4 is 33.4 Å². The number of rotatable bonds is 5. The minimum absolute atomic E-state index is 0.0795. The normalized spacial score (nSPS) is 33.3. The van der Waals surface area contributed by atoms with E-state index in [4.69, 9.17) is 9.47 Å². The van der Waals surface area contributed by atoms with Crippen molar-refractivity contribution in [2.75, 3.05) is 31.6 Å². The zero-order valence-corrected chi connectivity index (χ0v) is 19.0. The van der Waals surface area contributed by atoms with Gasteiger partial charge in [-0.05, 0) is 69.4 Å². The molecule has 30 heavy (non-hydrogen) atoms. The van der Waals surface area contributed by atoms with E-state index >= 15 is 0 Å². The number of likely N-dealkylation sites (N-methyl/N-ethyl adjacent to an activating group) is 1. The molecule has 4 aliphatic carbocycles. The summed E-state index contributed by atoms with van der Waals surface area (Å²) in [4.78, 5) is 28.1. The quantitative estimate of drug-likeness (QED) is 0.652. The molecule has 5 aliphatic rings. The topological polar surface area (TPSA) is 67.9 Å². The van der Waals surface area contributed by atoms with Crippen LogP contribution >= 0.6 is 15.9 Å². The zero-order chi connectivity index (χ0) is 20.9. The Bertz CT molecular complexity index is 859. The molecule has 4 bridgehead atoms. The molecular weight excluding hydrogens is 448 g/mol. The van der Waals surface area contributed by atoms with E-state index in [1.54, 1.807) is 23.1 Å². The maximum absolute atomic E-state index is 13.6. The highest BCUT2D eigenvalue weighted by atomic mass is 79.9. The average Bonchev–Trinajstić information content (AvgIpc) is 2.69. The van der Waals surface area contributed by atoms with Crippen molar-refractivity contribution in [3.8, 4) is 11.5 Å². The Morgan fingerprint density at radius 1 is 1.13 bits per heavy atom. The molecule has 0 spiro atoms. The summed E-state index contributed by atoms with van der Waals surface area (Å²) in [6, 6.07) is 5.38. The number of nitrogens with one attached hydrogen (secondary N) is 1. The standard InChI is InChI=1S/C23H29BrN2O4/c1-2-26(13-20(27)25-17-3-4-18-19(8-17)30-6-5-29-18)21(28)22-9-15-7-16(10-22)12-23(24,11-15)14-22/h3-4,8,15-16H,2,5-7,9-14H2,1H3,(H,25,27). The van der Waals surface area contributed by atoms with E-state index < -0.39 is 0 Å². The van der Waals surface area contributed by atoms with Crippen LogP contribution in [0.1, 0.15) is 45.4 Å². The highest BCUT2D eigenvalue weighted by Gasteiger charge is 2.60. The molecule has 1 aromatic carbocycles. The number of alkyl halides is 1. The number of halogens is 1. The number of amides is 2. The summed E-state index contributed by atoms with van der Waals surface area (Å²) < 4.78 is 11.2. The molecule has 1 N–H and O–H groups in total. The number of fused-ring (bicyclic) bond motifs is 1. The Morgan fingerprint density at radius 3 is 2.50 bits per heavy atom. The molecule has 162 valence electrons. The van der Waals surface area contributed by atoms with Crippen molar-refractivity contribution in [2.24, 2.45) is 17.3 Å². The number of anilines is 1. The third-order valence-electron chi connectivity index (χ3n) is 7.27. The van der Waals surface area contributed by atoms with Gasteiger partial charge in [0, 0.05) is 22.6 Å². The van der Waals surface area contributed by atoms with Crippen LogP contribution in [0.4, 0.5) is 5.69 Å². The molecule has 7 heteroatoms. The SMILES string of the molecule is CCN(CC(=O)Nc1ccc2c(c1)OCCO2)C(=O)C12CC3CC(CC(Br)(C3)C1)C2. The van der Waals surface area contributed by atoms with Gasteiger partial charge < -0.3 is 19.7 Å². The molecule has 2 atom stereocenters. The van der Waals surface area contributed by atoms with Crippen molar-refractivity contribution in [3.63, 3.8) is 0 Å². The average molecular weight is 477 g/mol. The molecule has 6 nitrogen and oxygen atoms in total. The molecule has 2 amide bonds. The lowest BCUT2D eigenvalue weighted by atomic mass is 9.49. The van der Waals surface area contributed by atoms with Crippen LogP contribution in [0.5, 0.6) is 11.5 Å². The van der Waals surface area contributed by atoms with E-state index in [0.717, 1.165) is 19.3 Å². The molecule has 4 fully saturated rings. The summed E-state index contributed by atoms with van der Waals surface area (Å²) >= 11 is 3.98. The van der Waals surface area contributed by atoms with Gasteiger partial charge in [0.15, 0.2) is 11.5 Å². The number of nitrogens with zero attached hydrogens (tertiary/aromatic N) is 1. The van der Waals surface area contributed by atoms with E-state index in [1.165, 1.54) is 19.3 Å². The smallest absolute Gasteiger partial charge is 0.243 e. The lowest BCUT2D eigenvalue weighted by molar-refractivity contribution is -0.156. The number of carbonyl (C=O) groups is 2. The third kappa shape index (κ3) is 3.59. The van der Waals surface area contributed by atoms with E-state index in [9.17, 15) is 9.59 Å². The summed E-state index contributed by atoms with van der Waals surface area (Å²) in [5.41, 5.74) is 0.364. The monoisotopic (exact) mass is 476 g/mol. The van der Waals surface area contributed by atoms with Gasteiger partial charge in [0.25, 0.3) is 0 Å². The first-order chi connectivity index (χ1) is 14.4. The molecule has 0 radical (unpaired) electrons. The summed E-state index contributed by atoms with van der Waals surface area (Å²) in [6.45, 7) is 3.61. The molecule has 6 rings (SSSR count). The van der Waals surface area contributed by atoms with Crippen LogP contribution in [-0.4, -0.2) is 47.3 Å². The van der Waals surface area contributed by atoms with Gasteiger partial charge in [0.05, 0.1) is 12.0 Å². The second-order valence-corrected chi connectivity index (χ2v) is 11.3. The van der Waals surface area contributed by atoms with Gasteiger partial charge in [-0.2, -0.15) is 0 Å². The maximum atomic E-state index is 13.6. The minimum Gasteiger partial charge on any atom is -0.486 e. The fourth-order valence-corrected chi connectivity index (χ4v) is 8.01. The highest BCUT2D eigenvalue weighted by molar-refractivity contribution is 9.10. The third-order valence-corrected chi connectivity index (χ3v) is 8.20. The van der Waals surface area contributed by atoms with Gasteiger partial charge in [-0.25, -0.2) is 0 Å². The molecule has 2 unspecified atom stereocenters. The first-order valence-electron chi connectivity index (χ1n) is 11.1. The van der Waals surface area contributed by atoms with Gasteiger partial charge in [0.2, 0.25) is 11.8 Å². The predicted molar refractivity (Wildman–Crippen MR) is 117 cm³/mol. The fourth-order valence-electron chi connectivity index (χ4n) is 6.56. The van der Waals surface area contributed by atoms with Crippen LogP contribution in [0.3, 0.4) is 0 Å². The first-order valence-corrected chi connectivity index (χ1v) is 11.9. The second-order valence-electron chi connectivity index (χ2n) is 9.62. The van der Waals surface area contributed by atoms with Gasteiger partial charge >= 0.3 is 0 Å². The van der Waals surface area contributed by atoms with Gasteiger partial charge in [0.1, 0.15) is 13.2 Å². The largest absolute Gasteiger partial charge is 0.486 e. The summed E-state index contributed by atoms with van der Waals surface area (Å²) in [5.74, 6) is 2.59. The van der Waals surface area contributed by atoms with Crippen molar-refractivity contribution in [1.29, 1.82) is 0 Å². The molecular formula is C23H29BrN2O4. The van der Waals surface area contributed by atoms with Crippen LogP contribution in [0.15, 0.2) is 18.2 Å². The Balaban J connectivity index is 1.27. The second kappa shape index (κ2) is 7.43. The molecule has 1 aliphatic heterocycles. The summed E-state index contributed by atoms with van der Waals surface area (Å²) in [7, 11) is 0. The minimum atomic E-state index is -0.291. The van der Waals surface area contributed by atoms with Crippen molar-refractivity contribution < 1.29 is 19.1 Å². The first kappa shape index (κ1) is 20.2. The zero-order valence-electron chi connectivity index (χ0n) is 17.4. The summed E-state index contributed by atoms with van der Waals surface area (Å²) in [5, 5.41) is 2.92. The van der Waals surface area contributed by atoms with Crippen molar-refractivity contribution in [2.45, 2.75) is 49.8 Å². The van der Waals surface area contributed by atoms with Gasteiger partial charge in [-0.15, -0.1) is 0 Å². The summed E-state index contributed by atoms with van der Waals surface area (Å²) in [6.07, 6.45) is 6.52.